The van der Waals surface area contributed by atoms with Gasteiger partial charge in [0.05, 0.1) is 11.3 Å². The van der Waals surface area contributed by atoms with E-state index in [1.54, 1.807) is 17.9 Å². The molecule has 1 aliphatic rings. The van der Waals surface area contributed by atoms with Gasteiger partial charge in [0.1, 0.15) is 11.3 Å². The van der Waals surface area contributed by atoms with E-state index in [0.29, 0.717) is 15.7 Å². The fourth-order valence-corrected chi connectivity index (χ4v) is 4.44. The Balaban J connectivity index is 1.71. The molecule has 1 aliphatic carbocycles. The van der Waals surface area contributed by atoms with Gasteiger partial charge in [0.25, 0.3) is 0 Å². The summed E-state index contributed by atoms with van der Waals surface area (Å²) in [6, 6.07) is 0. The van der Waals surface area contributed by atoms with Crippen LogP contribution in [-0.2, 0) is 29.5 Å². The maximum absolute atomic E-state index is 12.1. The average Bonchev–Trinajstić information content (AvgIpc) is 3.20. The number of hydrogen-bond donors (Lipinski definition) is 2. The van der Waals surface area contributed by atoms with Crippen molar-refractivity contribution in [1.82, 2.24) is 14.8 Å². The number of hydrogen-bond acceptors (Lipinski definition) is 8. The second-order valence-electron chi connectivity index (χ2n) is 5.03. The van der Waals surface area contributed by atoms with Gasteiger partial charge in [-0.15, -0.1) is 21.5 Å². The minimum atomic E-state index is -0.611. The fraction of sp³-hybridized carbons (Fsp3) is 0.385. The minimum Gasteiger partial charge on any atom is -0.370 e. The lowest BCUT2D eigenvalue weighted by Gasteiger charge is -2.06. The third kappa shape index (κ3) is 3.23. The van der Waals surface area contributed by atoms with E-state index in [1.807, 2.05) is 0 Å². The van der Waals surface area contributed by atoms with Crippen molar-refractivity contribution in [1.29, 1.82) is 0 Å². The summed E-state index contributed by atoms with van der Waals surface area (Å²) < 4.78 is 1.73. The third-order valence-electron chi connectivity index (χ3n) is 3.49. The number of nitrogens with two attached hydrogens (primary N) is 1. The standard InChI is InChI=1S/C13H15N5O3S2/c1-18-6-15-17-13(18)22-5-9(19)16-11-10(12(20)21-14)7-3-2-4-8(7)23-11/h6H,2-5,14H2,1H3,(H,16,19). The molecule has 3 rings (SSSR count). The van der Waals surface area contributed by atoms with E-state index in [9.17, 15) is 9.59 Å². The summed E-state index contributed by atoms with van der Waals surface area (Å²) in [4.78, 5) is 29.5. The Morgan fingerprint density at radius 2 is 2.35 bits per heavy atom. The highest BCUT2D eigenvalue weighted by atomic mass is 32.2. The number of fused-ring (bicyclic) bond motifs is 1. The quantitative estimate of drug-likeness (QED) is 0.612. The zero-order chi connectivity index (χ0) is 16.4. The molecule has 0 atom stereocenters. The largest absolute Gasteiger partial charge is 0.370 e. The molecule has 0 radical (unpaired) electrons. The van der Waals surface area contributed by atoms with Crippen LogP contribution in [0.15, 0.2) is 11.5 Å². The Labute approximate surface area is 140 Å². The number of nitrogens with one attached hydrogen (secondary N) is 1. The molecule has 2 heterocycles. The zero-order valence-electron chi connectivity index (χ0n) is 12.4. The first-order valence-corrected chi connectivity index (χ1v) is 8.72. The Hall–Kier alpha value is -1.91. The molecule has 1 amide bonds. The van der Waals surface area contributed by atoms with Crippen LogP contribution in [0.2, 0.25) is 0 Å². The molecule has 2 aromatic heterocycles. The lowest BCUT2D eigenvalue weighted by Crippen LogP contribution is -2.18. The molecule has 122 valence electrons. The molecule has 0 saturated carbocycles. The van der Waals surface area contributed by atoms with Crippen molar-refractivity contribution in [3.63, 3.8) is 0 Å². The van der Waals surface area contributed by atoms with E-state index in [4.69, 9.17) is 5.90 Å². The van der Waals surface area contributed by atoms with E-state index in [-0.39, 0.29) is 11.7 Å². The Bertz CT molecular complexity index is 755. The number of thioether (sulfide) groups is 1. The molecule has 0 spiro atoms. The summed E-state index contributed by atoms with van der Waals surface area (Å²) in [6.45, 7) is 0. The van der Waals surface area contributed by atoms with Gasteiger partial charge in [-0.1, -0.05) is 11.8 Å². The van der Waals surface area contributed by atoms with Crippen LogP contribution in [0.5, 0.6) is 0 Å². The van der Waals surface area contributed by atoms with Gasteiger partial charge in [0.2, 0.25) is 5.91 Å². The van der Waals surface area contributed by atoms with Gasteiger partial charge >= 0.3 is 5.97 Å². The Morgan fingerprint density at radius 1 is 1.52 bits per heavy atom. The number of thiophene rings is 1. The molecule has 2 aromatic rings. The van der Waals surface area contributed by atoms with Crippen molar-refractivity contribution < 1.29 is 14.4 Å². The summed E-state index contributed by atoms with van der Waals surface area (Å²) >= 11 is 2.69. The SMILES string of the molecule is Cn1cnnc1SCC(=O)Nc1sc2c(c1C(=O)ON)CCC2. The summed E-state index contributed by atoms with van der Waals surface area (Å²) in [5.74, 6) is 4.36. The van der Waals surface area contributed by atoms with Crippen molar-refractivity contribution in [2.75, 3.05) is 11.1 Å². The zero-order valence-corrected chi connectivity index (χ0v) is 14.0. The van der Waals surface area contributed by atoms with Gasteiger partial charge in [-0.2, -0.15) is 5.90 Å². The Kier molecular flexibility index (Phi) is 4.64. The third-order valence-corrected chi connectivity index (χ3v) is 5.73. The van der Waals surface area contributed by atoms with Crippen LogP contribution in [0.3, 0.4) is 0 Å². The highest BCUT2D eigenvalue weighted by molar-refractivity contribution is 7.99. The lowest BCUT2D eigenvalue weighted by molar-refractivity contribution is -0.113. The molecular formula is C13H15N5O3S2. The molecule has 10 heteroatoms. The van der Waals surface area contributed by atoms with Gasteiger partial charge < -0.3 is 14.7 Å². The van der Waals surface area contributed by atoms with Crippen LogP contribution in [0, 0.1) is 0 Å². The van der Waals surface area contributed by atoms with E-state index < -0.39 is 5.97 Å². The van der Waals surface area contributed by atoms with Crippen molar-refractivity contribution in [2.45, 2.75) is 24.4 Å². The van der Waals surface area contributed by atoms with Crippen LogP contribution in [0.25, 0.3) is 0 Å². The summed E-state index contributed by atoms with van der Waals surface area (Å²) in [5, 5.41) is 11.6. The van der Waals surface area contributed by atoms with Gasteiger partial charge in [-0.3, -0.25) is 4.79 Å². The van der Waals surface area contributed by atoms with E-state index in [0.717, 1.165) is 29.7 Å². The van der Waals surface area contributed by atoms with Crippen molar-refractivity contribution >= 4 is 40.0 Å². The molecule has 0 saturated heterocycles. The first kappa shape index (κ1) is 16.0. The van der Waals surface area contributed by atoms with Crippen molar-refractivity contribution in [2.24, 2.45) is 12.9 Å². The number of anilines is 1. The van der Waals surface area contributed by atoms with E-state index >= 15 is 0 Å². The summed E-state index contributed by atoms with van der Waals surface area (Å²) in [5.41, 5.74) is 1.34. The number of amides is 1. The normalized spacial score (nSPS) is 13.0. The summed E-state index contributed by atoms with van der Waals surface area (Å²) in [6.07, 6.45) is 4.29. The van der Waals surface area contributed by atoms with Crippen LogP contribution in [0.4, 0.5) is 5.00 Å². The van der Waals surface area contributed by atoms with Crippen LogP contribution >= 0.6 is 23.1 Å². The number of aromatic nitrogens is 3. The number of nitrogens with zero attached hydrogens (tertiary/aromatic N) is 3. The second-order valence-corrected chi connectivity index (χ2v) is 7.08. The highest BCUT2D eigenvalue weighted by Crippen LogP contribution is 2.39. The number of aryl methyl sites for hydroxylation is 2. The van der Waals surface area contributed by atoms with E-state index in [2.05, 4.69) is 20.4 Å². The van der Waals surface area contributed by atoms with Crippen LogP contribution < -0.4 is 11.2 Å². The molecule has 3 N–H and O–H groups in total. The predicted octanol–water partition coefficient (Wildman–Crippen LogP) is 1.13. The molecule has 0 fully saturated rings. The molecule has 0 unspecified atom stereocenters. The van der Waals surface area contributed by atoms with Crippen molar-refractivity contribution in [3.05, 3.63) is 22.3 Å². The fourth-order valence-electron chi connectivity index (χ4n) is 2.46. The summed E-state index contributed by atoms with van der Waals surface area (Å²) in [7, 11) is 1.80. The lowest BCUT2D eigenvalue weighted by atomic mass is 10.1. The van der Waals surface area contributed by atoms with Crippen LogP contribution in [0.1, 0.15) is 27.2 Å². The molecule has 0 bridgehead atoms. The highest BCUT2D eigenvalue weighted by Gasteiger charge is 2.28. The molecule has 23 heavy (non-hydrogen) atoms. The first-order chi connectivity index (χ1) is 11.1. The molecule has 0 aliphatic heterocycles. The van der Waals surface area contributed by atoms with Gasteiger partial charge in [0.15, 0.2) is 5.16 Å². The molecular weight excluding hydrogens is 338 g/mol. The second kappa shape index (κ2) is 6.69. The van der Waals surface area contributed by atoms with Gasteiger partial charge in [0, 0.05) is 11.9 Å². The molecule has 0 aromatic carbocycles. The maximum atomic E-state index is 12.1. The minimum absolute atomic E-state index is 0.173. The maximum Gasteiger partial charge on any atom is 0.359 e. The molecule has 8 nitrogen and oxygen atoms in total. The van der Waals surface area contributed by atoms with Gasteiger partial charge in [-0.05, 0) is 24.8 Å². The number of rotatable bonds is 5. The number of carbonyl (C=O) groups excluding carboxylic acids is 2. The van der Waals surface area contributed by atoms with Crippen LogP contribution in [-0.4, -0.2) is 32.4 Å². The topological polar surface area (TPSA) is 112 Å². The van der Waals surface area contributed by atoms with Crippen molar-refractivity contribution in [3.8, 4) is 0 Å². The Morgan fingerprint density at radius 3 is 3.04 bits per heavy atom. The monoisotopic (exact) mass is 353 g/mol. The first-order valence-electron chi connectivity index (χ1n) is 6.92. The van der Waals surface area contributed by atoms with Gasteiger partial charge in [-0.25, -0.2) is 4.79 Å². The number of carbonyl (C=O) groups is 2. The smallest absolute Gasteiger partial charge is 0.359 e. The average molecular weight is 353 g/mol. The predicted molar refractivity (Wildman–Crippen MR) is 86.3 cm³/mol. The van der Waals surface area contributed by atoms with E-state index in [1.165, 1.54) is 23.1 Å².